The quantitative estimate of drug-likeness (QED) is 0.253. The summed E-state index contributed by atoms with van der Waals surface area (Å²) in [5, 5.41) is 0. The first-order chi connectivity index (χ1) is 17.0. The molecule has 1 nitrogen and oxygen atoms in total. The van der Waals surface area contributed by atoms with Crippen molar-refractivity contribution in [2.24, 2.45) is 29.6 Å². The minimum atomic E-state index is -0.117. The van der Waals surface area contributed by atoms with E-state index in [2.05, 4.69) is 6.92 Å². The van der Waals surface area contributed by atoms with Crippen molar-refractivity contribution in [1.29, 1.82) is 0 Å². The van der Waals surface area contributed by atoms with E-state index in [1.807, 2.05) is 19.1 Å². The molecule has 0 unspecified atom stereocenters. The van der Waals surface area contributed by atoms with Crippen LogP contribution in [0.15, 0.2) is 12.1 Å². The molecule has 0 heterocycles. The number of carbonyl (C=O) groups is 1. The first-order valence-electron chi connectivity index (χ1n) is 15.3. The Labute approximate surface area is 215 Å². The first-order valence-corrected chi connectivity index (χ1v) is 15.3. The van der Waals surface area contributed by atoms with Gasteiger partial charge in [0.1, 0.15) is 5.82 Å². The van der Waals surface area contributed by atoms with Crippen LogP contribution in [0.1, 0.15) is 150 Å². The molecular weight excluding hydrogens is 431 g/mol. The highest BCUT2D eigenvalue weighted by molar-refractivity contribution is 5.97. The average Bonchev–Trinajstić information content (AvgIpc) is 2.90. The van der Waals surface area contributed by atoms with Crippen molar-refractivity contribution in [3.05, 3.63) is 34.6 Å². The smallest absolute Gasteiger partial charge is 0.162 e. The maximum absolute atomic E-state index is 15.2. The highest BCUT2D eigenvalue weighted by Crippen LogP contribution is 2.47. The predicted octanol–water partition coefficient (Wildman–Crippen LogP) is 10.2. The average molecular weight is 483 g/mol. The van der Waals surface area contributed by atoms with Gasteiger partial charge in [0.25, 0.3) is 0 Å². The van der Waals surface area contributed by atoms with Crippen molar-refractivity contribution in [1.82, 2.24) is 0 Å². The highest BCUT2D eigenvalue weighted by Gasteiger charge is 2.35. The third-order valence-electron chi connectivity index (χ3n) is 10.5. The Morgan fingerprint density at radius 1 is 0.771 bits per heavy atom. The molecule has 2 heteroatoms. The van der Waals surface area contributed by atoms with Crippen LogP contribution in [0.2, 0.25) is 0 Å². The monoisotopic (exact) mass is 482 g/mol. The van der Waals surface area contributed by atoms with Crippen LogP contribution in [-0.4, -0.2) is 5.78 Å². The van der Waals surface area contributed by atoms with Crippen LogP contribution in [0, 0.1) is 42.3 Å². The van der Waals surface area contributed by atoms with Crippen LogP contribution in [0.25, 0.3) is 0 Å². The van der Waals surface area contributed by atoms with Gasteiger partial charge in [0.2, 0.25) is 0 Å². The number of unbranched alkanes of at least 4 members (excludes halogenated alkanes) is 2. The minimum Gasteiger partial charge on any atom is -0.294 e. The van der Waals surface area contributed by atoms with Gasteiger partial charge in [0.05, 0.1) is 0 Å². The van der Waals surface area contributed by atoms with Gasteiger partial charge in [-0.3, -0.25) is 4.79 Å². The van der Waals surface area contributed by atoms with E-state index < -0.39 is 0 Å². The molecule has 1 aromatic carbocycles. The summed E-state index contributed by atoms with van der Waals surface area (Å²) < 4.78 is 15.2. The SMILES string of the molecule is CCCCCC1CCC(C2CCC(C3CCC(c4ccc(C(=O)CC)c(C)c4F)CC3)CC2)CC1. The van der Waals surface area contributed by atoms with Gasteiger partial charge in [-0.05, 0) is 118 Å². The fourth-order valence-electron chi connectivity index (χ4n) is 8.13. The fraction of sp³-hybridized carbons (Fsp3) is 0.788. The number of Topliss-reactive ketones (excluding diaryl/α,β-unsaturated/α-hetero) is 1. The van der Waals surface area contributed by atoms with Crippen molar-refractivity contribution in [3.63, 3.8) is 0 Å². The molecule has 3 saturated carbocycles. The molecule has 35 heavy (non-hydrogen) atoms. The lowest BCUT2D eigenvalue weighted by Gasteiger charge is -2.41. The number of hydrogen-bond donors (Lipinski definition) is 0. The second-order valence-corrected chi connectivity index (χ2v) is 12.5. The molecule has 3 fully saturated rings. The molecule has 4 rings (SSSR count). The number of hydrogen-bond acceptors (Lipinski definition) is 1. The van der Waals surface area contributed by atoms with E-state index in [1.54, 1.807) is 6.92 Å². The molecule has 3 aliphatic rings. The van der Waals surface area contributed by atoms with E-state index >= 15 is 4.39 Å². The Balaban J connectivity index is 1.21. The molecule has 0 bridgehead atoms. The summed E-state index contributed by atoms with van der Waals surface area (Å²) in [5.41, 5.74) is 2.00. The topological polar surface area (TPSA) is 17.1 Å². The molecule has 0 spiro atoms. The van der Waals surface area contributed by atoms with Gasteiger partial charge in [0, 0.05) is 12.0 Å². The second kappa shape index (κ2) is 12.9. The van der Waals surface area contributed by atoms with Gasteiger partial charge in [-0.1, -0.05) is 64.5 Å². The minimum absolute atomic E-state index is 0.0484. The van der Waals surface area contributed by atoms with E-state index in [4.69, 9.17) is 0 Å². The third kappa shape index (κ3) is 6.58. The lowest BCUT2D eigenvalue weighted by Crippen LogP contribution is -2.29. The van der Waals surface area contributed by atoms with Crippen molar-refractivity contribution in [2.75, 3.05) is 0 Å². The fourth-order valence-corrected chi connectivity index (χ4v) is 8.13. The third-order valence-corrected chi connectivity index (χ3v) is 10.5. The van der Waals surface area contributed by atoms with Gasteiger partial charge in [-0.15, -0.1) is 0 Å². The zero-order valence-corrected chi connectivity index (χ0v) is 22.9. The number of benzene rings is 1. The summed E-state index contributed by atoms with van der Waals surface area (Å²) in [6.45, 7) is 5.95. The largest absolute Gasteiger partial charge is 0.294 e. The lowest BCUT2D eigenvalue weighted by molar-refractivity contribution is 0.0987. The number of halogens is 1. The van der Waals surface area contributed by atoms with Crippen LogP contribution >= 0.6 is 0 Å². The molecule has 0 aliphatic heterocycles. The Kier molecular flexibility index (Phi) is 9.88. The first kappa shape index (κ1) is 26.9. The normalized spacial score (nSPS) is 31.9. The van der Waals surface area contributed by atoms with Crippen molar-refractivity contribution in [2.45, 2.75) is 136 Å². The van der Waals surface area contributed by atoms with Crippen LogP contribution < -0.4 is 0 Å². The summed E-state index contributed by atoms with van der Waals surface area (Å²) in [5.74, 6) is 5.07. The Morgan fingerprint density at radius 3 is 1.80 bits per heavy atom. The van der Waals surface area contributed by atoms with E-state index in [0.29, 0.717) is 23.5 Å². The summed E-state index contributed by atoms with van der Waals surface area (Å²) in [7, 11) is 0. The maximum atomic E-state index is 15.2. The van der Waals surface area contributed by atoms with Gasteiger partial charge >= 0.3 is 0 Å². The molecule has 0 saturated heterocycles. The molecule has 0 atom stereocenters. The van der Waals surface area contributed by atoms with Crippen LogP contribution in [0.5, 0.6) is 0 Å². The number of rotatable bonds is 9. The molecule has 0 amide bonds. The maximum Gasteiger partial charge on any atom is 0.162 e. The zero-order chi connectivity index (χ0) is 24.8. The van der Waals surface area contributed by atoms with Crippen LogP contribution in [0.4, 0.5) is 4.39 Å². The number of carbonyl (C=O) groups excluding carboxylic acids is 1. The van der Waals surface area contributed by atoms with E-state index in [1.165, 1.54) is 89.9 Å². The standard InChI is InChI=1S/C33H51FO/c1-4-6-7-8-24-9-11-25(12-10-24)26-13-15-27(16-14-26)28-17-19-29(20-18-28)31-22-21-30(32(35)5-2)23(3)33(31)34/h21-22,24-29H,4-20H2,1-3H3. The van der Waals surface area contributed by atoms with Gasteiger partial charge < -0.3 is 0 Å². The van der Waals surface area contributed by atoms with Crippen LogP contribution in [-0.2, 0) is 0 Å². The van der Waals surface area contributed by atoms with Crippen LogP contribution in [0.3, 0.4) is 0 Å². The van der Waals surface area contributed by atoms with E-state index in [9.17, 15) is 4.79 Å². The van der Waals surface area contributed by atoms with Crippen molar-refractivity contribution < 1.29 is 9.18 Å². The molecule has 3 aliphatic carbocycles. The second-order valence-electron chi connectivity index (χ2n) is 12.5. The Bertz CT molecular complexity index is 805. The molecule has 0 radical (unpaired) electrons. The lowest BCUT2D eigenvalue weighted by atomic mass is 9.64. The summed E-state index contributed by atoms with van der Waals surface area (Å²) in [6, 6.07) is 3.80. The number of ketones is 1. The molecule has 196 valence electrons. The van der Waals surface area contributed by atoms with E-state index in [-0.39, 0.29) is 11.6 Å². The highest BCUT2D eigenvalue weighted by atomic mass is 19.1. The molecule has 0 aromatic heterocycles. The van der Waals surface area contributed by atoms with E-state index in [0.717, 1.165) is 48.0 Å². The van der Waals surface area contributed by atoms with Gasteiger partial charge in [-0.25, -0.2) is 4.39 Å². The molecular formula is C33H51FO. The Morgan fingerprint density at radius 2 is 1.29 bits per heavy atom. The molecule has 1 aromatic rings. The van der Waals surface area contributed by atoms with Gasteiger partial charge in [0.15, 0.2) is 5.78 Å². The summed E-state index contributed by atoms with van der Waals surface area (Å²) in [4.78, 5) is 12.1. The Hall–Kier alpha value is -1.18. The van der Waals surface area contributed by atoms with Crippen molar-refractivity contribution in [3.8, 4) is 0 Å². The predicted molar refractivity (Wildman–Crippen MR) is 145 cm³/mol. The molecule has 0 N–H and O–H groups in total. The summed E-state index contributed by atoms with van der Waals surface area (Å²) >= 11 is 0. The van der Waals surface area contributed by atoms with Gasteiger partial charge in [-0.2, -0.15) is 0 Å². The summed E-state index contributed by atoms with van der Waals surface area (Å²) in [6.07, 6.45) is 22.7. The zero-order valence-electron chi connectivity index (χ0n) is 22.9. The van der Waals surface area contributed by atoms with Crippen molar-refractivity contribution >= 4 is 5.78 Å².